The third kappa shape index (κ3) is 7.89. The van der Waals surface area contributed by atoms with E-state index < -0.39 is 35.7 Å². The number of rotatable bonds is 10. The summed E-state index contributed by atoms with van der Waals surface area (Å²) in [6.45, 7) is 0.0479. The third-order valence-electron chi connectivity index (χ3n) is 4.02. The second-order valence-electron chi connectivity index (χ2n) is 5.80. The Balaban J connectivity index is 2.84. The van der Waals surface area contributed by atoms with Crippen LogP contribution in [0.25, 0.3) is 0 Å². The maximum atomic E-state index is 12.2. The van der Waals surface area contributed by atoms with Crippen molar-refractivity contribution >= 4 is 23.9 Å². The van der Waals surface area contributed by atoms with Crippen LogP contribution in [0.15, 0.2) is 30.3 Å². The molecule has 0 fully saturated rings. The highest BCUT2D eigenvalue weighted by atomic mass is 16.5. The molecule has 0 saturated carbocycles. The molecule has 27 heavy (non-hydrogen) atoms. The van der Waals surface area contributed by atoms with Crippen LogP contribution >= 0.6 is 0 Å². The minimum Gasteiger partial charge on any atom is -0.469 e. The molecule has 148 valence electrons. The maximum absolute atomic E-state index is 12.2. The molecule has 1 rings (SSSR count). The van der Waals surface area contributed by atoms with E-state index in [1.807, 2.05) is 18.2 Å². The zero-order valence-corrected chi connectivity index (χ0v) is 15.6. The fraction of sp³-hybridized carbons (Fsp3) is 0.474. The van der Waals surface area contributed by atoms with Gasteiger partial charge < -0.3 is 18.9 Å². The highest BCUT2D eigenvalue weighted by Gasteiger charge is 2.35. The van der Waals surface area contributed by atoms with E-state index in [9.17, 15) is 19.2 Å². The number of esters is 4. The van der Waals surface area contributed by atoms with Crippen molar-refractivity contribution in [2.75, 3.05) is 21.3 Å². The Morgan fingerprint density at radius 2 is 1.33 bits per heavy atom. The quantitative estimate of drug-likeness (QED) is 0.446. The lowest BCUT2D eigenvalue weighted by molar-refractivity contribution is -0.159. The zero-order valence-electron chi connectivity index (χ0n) is 15.6. The topological polar surface area (TPSA) is 105 Å². The van der Waals surface area contributed by atoms with E-state index in [4.69, 9.17) is 9.47 Å². The van der Waals surface area contributed by atoms with Crippen LogP contribution < -0.4 is 0 Å². The summed E-state index contributed by atoms with van der Waals surface area (Å²) in [5, 5.41) is 0. The van der Waals surface area contributed by atoms with Gasteiger partial charge in [-0.2, -0.15) is 0 Å². The van der Waals surface area contributed by atoms with Gasteiger partial charge in [0.15, 0.2) is 0 Å². The third-order valence-corrected chi connectivity index (χ3v) is 4.02. The van der Waals surface area contributed by atoms with Gasteiger partial charge >= 0.3 is 23.9 Å². The first kappa shape index (κ1) is 22.1. The van der Waals surface area contributed by atoms with Crippen molar-refractivity contribution in [3.8, 4) is 0 Å². The number of hydrogen-bond donors (Lipinski definition) is 0. The smallest absolute Gasteiger partial charge is 0.309 e. The van der Waals surface area contributed by atoms with Crippen molar-refractivity contribution in [2.45, 2.75) is 25.9 Å². The van der Waals surface area contributed by atoms with Gasteiger partial charge in [-0.15, -0.1) is 0 Å². The molecule has 0 radical (unpaired) electrons. The van der Waals surface area contributed by atoms with Crippen LogP contribution in [0, 0.1) is 11.8 Å². The summed E-state index contributed by atoms with van der Waals surface area (Å²) < 4.78 is 19.1. The van der Waals surface area contributed by atoms with Crippen LogP contribution in [-0.4, -0.2) is 45.2 Å². The Labute approximate surface area is 157 Å². The molecule has 0 N–H and O–H groups in total. The lowest BCUT2D eigenvalue weighted by Gasteiger charge is -2.23. The lowest BCUT2D eigenvalue weighted by atomic mass is 9.84. The Morgan fingerprint density at radius 3 is 1.81 bits per heavy atom. The minimum atomic E-state index is -1.04. The second kappa shape index (κ2) is 11.7. The summed E-state index contributed by atoms with van der Waals surface area (Å²) in [6.07, 6.45) is -0.813. The molecule has 0 spiro atoms. The van der Waals surface area contributed by atoms with Gasteiger partial charge in [0, 0.05) is 12.8 Å². The largest absolute Gasteiger partial charge is 0.469 e. The Morgan fingerprint density at radius 1 is 0.778 bits per heavy atom. The molecule has 0 amide bonds. The molecule has 0 heterocycles. The fourth-order valence-electron chi connectivity index (χ4n) is 2.52. The predicted molar refractivity (Wildman–Crippen MR) is 93.1 cm³/mol. The van der Waals surface area contributed by atoms with Crippen molar-refractivity contribution in [2.24, 2.45) is 11.8 Å². The second-order valence-corrected chi connectivity index (χ2v) is 5.80. The number of benzene rings is 1. The van der Waals surface area contributed by atoms with Crippen molar-refractivity contribution in [1.29, 1.82) is 0 Å². The van der Waals surface area contributed by atoms with Gasteiger partial charge in [-0.25, -0.2) is 0 Å². The van der Waals surface area contributed by atoms with E-state index in [2.05, 4.69) is 9.47 Å². The Bertz CT molecular complexity index is 622. The van der Waals surface area contributed by atoms with Crippen molar-refractivity contribution < 1.29 is 38.1 Å². The van der Waals surface area contributed by atoms with Gasteiger partial charge in [0.1, 0.15) is 6.61 Å². The molecule has 0 aliphatic rings. The van der Waals surface area contributed by atoms with E-state index in [1.165, 1.54) is 14.2 Å². The Kier molecular flexibility index (Phi) is 9.57. The fourth-order valence-corrected chi connectivity index (χ4v) is 2.52. The van der Waals surface area contributed by atoms with Crippen LogP contribution in [-0.2, 0) is 44.7 Å². The highest BCUT2D eigenvalue weighted by Crippen LogP contribution is 2.26. The molecule has 1 atom stereocenters. The predicted octanol–water partition coefficient (Wildman–Crippen LogP) is 1.65. The van der Waals surface area contributed by atoms with Crippen LogP contribution in [0.4, 0.5) is 0 Å². The first-order valence-electron chi connectivity index (χ1n) is 8.32. The summed E-state index contributed by atoms with van der Waals surface area (Å²) in [7, 11) is 3.55. The zero-order chi connectivity index (χ0) is 20.2. The number of ether oxygens (including phenoxy) is 4. The summed E-state index contributed by atoms with van der Waals surface area (Å²) in [4.78, 5) is 47.7. The van der Waals surface area contributed by atoms with Gasteiger partial charge in [-0.3, -0.25) is 19.2 Å². The van der Waals surface area contributed by atoms with Crippen molar-refractivity contribution in [3.05, 3.63) is 35.9 Å². The first-order chi connectivity index (χ1) is 12.9. The normalized spacial score (nSPS) is 11.4. The molecular weight excluding hydrogens is 356 g/mol. The van der Waals surface area contributed by atoms with E-state index in [0.29, 0.717) is 0 Å². The standard InChI is InChI=1S/C19H24O8/c1-24-16(20)9-14(10-17(21)25-2)15(19(23)26-3)11-18(22)27-12-13-7-5-4-6-8-13/h4-8,14-15H,9-12H2,1-3H3. The molecule has 0 aliphatic heterocycles. The molecule has 1 unspecified atom stereocenters. The minimum absolute atomic E-state index is 0.0479. The summed E-state index contributed by atoms with van der Waals surface area (Å²) in [5.74, 6) is -4.46. The van der Waals surface area contributed by atoms with Crippen molar-refractivity contribution in [3.63, 3.8) is 0 Å². The van der Waals surface area contributed by atoms with Gasteiger partial charge in [0.25, 0.3) is 0 Å². The van der Waals surface area contributed by atoms with E-state index in [0.717, 1.165) is 12.7 Å². The molecule has 0 aromatic heterocycles. The first-order valence-corrected chi connectivity index (χ1v) is 8.32. The number of hydrogen-bond acceptors (Lipinski definition) is 8. The van der Waals surface area contributed by atoms with Gasteiger partial charge in [-0.05, 0) is 11.5 Å². The summed E-state index contributed by atoms with van der Waals surface area (Å²) in [6, 6.07) is 9.04. The van der Waals surface area contributed by atoms with Gasteiger partial charge in [-0.1, -0.05) is 30.3 Å². The summed E-state index contributed by atoms with van der Waals surface area (Å²) in [5.41, 5.74) is 0.793. The molecule has 0 bridgehead atoms. The SMILES string of the molecule is COC(=O)CC(CC(=O)OC)C(CC(=O)OCc1ccccc1)C(=O)OC. The molecule has 8 nitrogen and oxygen atoms in total. The molecule has 0 aliphatic carbocycles. The van der Waals surface area contributed by atoms with Crippen LogP contribution in [0.5, 0.6) is 0 Å². The molecule has 0 saturated heterocycles. The van der Waals surface area contributed by atoms with E-state index in [-0.39, 0.29) is 25.9 Å². The van der Waals surface area contributed by atoms with E-state index >= 15 is 0 Å². The van der Waals surface area contributed by atoms with Gasteiger partial charge in [0.05, 0.1) is 33.7 Å². The van der Waals surface area contributed by atoms with Crippen LogP contribution in [0.1, 0.15) is 24.8 Å². The lowest BCUT2D eigenvalue weighted by Crippen LogP contribution is -2.32. The Hall–Kier alpha value is -2.90. The average Bonchev–Trinajstić information content (AvgIpc) is 2.69. The van der Waals surface area contributed by atoms with Crippen molar-refractivity contribution in [1.82, 2.24) is 0 Å². The van der Waals surface area contributed by atoms with E-state index in [1.54, 1.807) is 12.1 Å². The number of methoxy groups -OCH3 is 3. The molecule has 1 aromatic rings. The number of carbonyl (C=O) groups is 4. The van der Waals surface area contributed by atoms with Gasteiger partial charge in [0.2, 0.25) is 0 Å². The highest BCUT2D eigenvalue weighted by molar-refractivity contribution is 5.82. The maximum Gasteiger partial charge on any atom is 0.309 e. The van der Waals surface area contributed by atoms with Crippen LogP contribution in [0.3, 0.4) is 0 Å². The summed E-state index contributed by atoms with van der Waals surface area (Å²) >= 11 is 0. The van der Waals surface area contributed by atoms with Crippen LogP contribution in [0.2, 0.25) is 0 Å². The molecule has 1 aromatic carbocycles. The number of carbonyl (C=O) groups excluding carboxylic acids is 4. The average molecular weight is 380 g/mol. The molecule has 8 heteroatoms. The monoisotopic (exact) mass is 380 g/mol. The molecular formula is C19H24O8.